The quantitative estimate of drug-likeness (QED) is 0.684. The molecular weight excluding hydrogens is 246 g/mol. The first-order valence-electron chi connectivity index (χ1n) is 6.87. The van der Waals surface area contributed by atoms with Crippen LogP contribution in [0.3, 0.4) is 0 Å². The van der Waals surface area contributed by atoms with Gasteiger partial charge in [-0.3, -0.25) is 9.59 Å². The van der Waals surface area contributed by atoms with Crippen LogP contribution in [0, 0.1) is 5.92 Å². The van der Waals surface area contributed by atoms with Crippen molar-refractivity contribution in [2.24, 2.45) is 11.0 Å². The second-order valence-electron chi connectivity index (χ2n) is 5.09. The van der Waals surface area contributed by atoms with Crippen LogP contribution in [-0.4, -0.2) is 49.3 Å². The van der Waals surface area contributed by atoms with Crippen molar-refractivity contribution in [2.45, 2.75) is 32.1 Å². The van der Waals surface area contributed by atoms with Crippen LogP contribution >= 0.6 is 0 Å². The van der Waals surface area contributed by atoms with E-state index in [1.807, 2.05) is 0 Å². The van der Waals surface area contributed by atoms with E-state index in [0.29, 0.717) is 31.7 Å². The van der Waals surface area contributed by atoms with Gasteiger partial charge in [0.25, 0.3) is 5.91 Å². The van der Waals surface area contributed by atoms with Gasteiger partial charge in [-0.1, -0.05) is 0 Å². The Kier molecular flexibility index (Phi) is 4.90. The van der Waals surface area contributed by atoms with Gasteiger partial charge < -0.3 is 10.1 Å². The van der Waals surface area contributed by atoms with E-state index in [4.69, 9.17) is 4.74 Å². The molecule has 2 aliphatic rings. The Morgan fingerprint density at radius 2 is 2.26 bits per heavy atom. The summed E-state index contributed by atoms with van der Waals surface area (Å²) in [6.45, 7) is 2.12. The van der Waals surface area contributed by atoms with E-state index in [1.54, 1.807) is 7.05 Å². The van der Waals surface area contributed by atoms with Crippen molar-refractivity contribution >= 4 is 17.5 Å². The summed E-state index contributed by atoms with van der Waals surface area (Å²) < 4.78 is 5.48. The van der Waals surface area contributed by atoms with Gasteiger partial charge in [0.1, 0.15) is 5.71 Å². The van der Waals surface area contributed by atoms with Gasteiger partial charge in [0.2, 0.25) is 5.91 Å². The van der Waals surface area contributed by atoms with Crippen LogP contribution in [0.4, 0.5) is 0 Å². The number of hydrogen-bond acceptors (Lipinski definition) is 4. The van der Waals surface area contributed by atoms with Gasteiger partial charge in [-0.05, 0) is 25.2 Å². The number of carbonyl (C=O) groups excluding carboxylic acids is 2. The maximum Gasteiger partial charge on any atom is 0.267 e. The molecule has 1 N–H and O–H groups in total. The Morgan fingerprint density at radius 1 is 1.47 bits per heavy atom. The largest absolute Gasteiger partial charge is 0.381 e. The Labute approximate surface area is 113 Å². The fourth-order valence-corrected chi connectivity index (χ4v) is 1.85. The summed E-state index contributed by atoms with van der Waals surface area (Å²) in [5.41, 5.74) is 0.431. The van der Waals surface area contributed by atoms with E-state index >= 15 is 0 Å². The van der Waals surface area contributed by atoms with Crippen molar-refractivity contribution in [1.29, 1.82) is 0 Å². The van der Waals surface area contributed by atoms with E-state index in [-0.39, 0.29) is 11.8 Å². The zero-order valence-electron chi connectivity index (χ0n) is 11.4. The van der Waals surface area contributed by atoms with Gasteiger partial charge in [0, 0.05) is 39.6 Å². The molecular formula is C13H21N3O3. The van der Waals surface area contributed by atoms with E-state index < -0.39 is 0 Å². The molecule has 1 fully saturated rings. The van der Waals surface area contributed by atoms with Gasteiger partial charge in [-0.25, -0.2) is 5.01 Å². The minimum atomic E-state index is -0.179. The zero-order chi connectivity index (χ0) is 13.7. The highest BCUT2D eigenvalue weighted by Crippen LogP contribution is 2.28. The Morgan fingerprint density at radius 3 is 2.95 bits per heavy atom. The Balaban J connectivity index is 1.58. The molecule has 0 aromatic rings. The third kappa shape index (κ3) is 4.63. The molecule has 0 unspecified atom stereocenters. The summed E-state index contributed by atoms with van der Waals surface area (Å²) in [4.78, 5) is 23.0. The topological polar surface area (TPSA) is 71.0 Å². The van der Waals surface area contributed by atoms with Crippen molar-refractivity contribution in [3.63, 3.8) is 0 Å². The number of nitrogens with zero attached hydrogens (tertiary/aromatic N) is 2. The minimum absolute atomic E-state index is 0.0509. The molecule has 1 aliphatic carbocycles. The summed E-state index contributed by atoms with van der Waals surface area (Å²) in [6.07, 6.45) is 4.17. The summed E-state index contributed by atoms with van der Waals surface area (Å²) in [5.74, 6) is 0.547. The van der Waals surface area contributed by atoms with Gasteiger partial charge >= 0.3 is 0 Å². The average molecular weight is 267 g/mol. The Hall–Kier alpha value is -1.43. The first-order valence-corrected chi connectivity index (χ1v) is 6.87. The summed E-state index contributed by atoms with van der Waals surface area (Å²) in [5, 5.41) is 8.00. The lowest BCUT2D eigenvalue weighted by atomic mass is 10.1. The summed E-state index contributed by atoms with van der Waals surface area (Å²) >= 11 is 0. The van der Waals surface area contributed by atoms with E-state index in [9.17, 15) is 9.59 Å². The lowest BCUT2D eigenvalue weighted by molar-refractivity contribution is -0.130. The molecule has 1 aliphatic heterocycles. The number of hydrazone groups is 1. The summed E-state index contributed by atoms with van der Waals surface area (Å²) in [6, 6.07) is 0. The number of carbonyl (C=O) groups is 2. The van der Waals surface area contributed by atoms with Crippen molar-refractivity contribution in [3.05, 3.63) is 0 Å². The normalized spacial score (nSPS) is 19.3. The van der Waals surface area contributed by atoms with Crippen LogP contribution in [-0.2, 0) is 14.3 Å². The highest BCUT2D eigenvalue weighted by atomic mass is 16.5. The fraction of sp³-hybridized carbons (Fsp3) is 0.769. The third-order valence-electron chi connectivity index (χ3n) is 3.27. The van der Waals surface area contributed by atoms with Crippen LogP contribution in [0.2, 0.25) is 0 Å². The van der Waals surface area contributed by atoms with Crippen LogP contribution in [0.15, 0.2) is 5.10 Å². The molecule has 0 radical (unpaired) electrons. The van der Waals surface area contributed by atoms with Crippen molar-refractivity contribution < 1.29 is 14.3 Å². The van der Waals surface area contributed by atoms with E-state index in [1.165, 1.54) is 17.9 Å². The van der Waals surface area contributed by atoms with Gasteiger partial charge in [-0.2, -0.15) is 5.10 Å². The lowest BCUT2D eigenvalue weighted by Crippen LogP contribution is -2.38. The molecule has 0 atom stereocenters. The molecule has 106 valence electrons. The molecule has 1 saturated carbocycles. The first kappa shape index (κ1) is 14.0. The number of amides is 2. The predicted octanol–water partition coefficient (Wildman–Crippen LogP) is 0.527. The van der Waals surface area contributed by atoms with Crippen LogP contribution in [0.1, 0.15) is 32.1 Å². The van der Waals surface area contributed by atoms with Gasteiger partial charge in [0.15, 0.2) is 0 Å². The van der Waals surface area contributed by atoms with Crippen LogP contribution in [0.5, 0.6) is 0 Å². The minimum Gasteiger partial charge on any atom is -0.381 e. The number of hydrogen-bond donors (Lipinski definition) is 1. The molecule has 0 saturated heterocycles. The third-order valence-corrected chi connectivity index (χ3v) is 3.27. The monoisotopic (exact) mass is 267 g/mol. The second kappa shape index (κ2) is 6.65. The maximum absolute atomic E-state index is 11.8. The Bertz CT molecular complexity index is 377. The molecule has 2 rings (SSSR count). The zero-order valence-corrected chi connectivity index (χ0v) is 11.4. The highest BCUT2D eigenvalue weighted by molar-refractivity contribution is 6.39. The predicted molar refractivity (Wildman–Crippen MR) is 70.6 cm³/mol. The molecule has 19 heavy (non-hydrogen) atoms. The number of ether oxygens (including phenoxy) is 1. The molecule has 0 bridgehead atoms. The maximum atomic E-state index is 11.8. The second-order valence-corrected chi connectivity index (χ2v) is 5.09. The molecule has 0 spiro atoms. The van der Waals surface area contributed by atoms with E-state index in [2.05, 4.69) is 10.4 Å². The number of rotatable bonds is 7. The van der Waals surface area contributed by atoms with Gasteiger partial charge in [-0.15, -0.1) is 0 Å². The molecule has 1 heterocycles. The molecule has 2 amide bonds. The highest BCUT2D eigenvalue weighted by Gasteiger charge is 2.22. The van der Waals surface area contributed by atoms with Crippen LogP contribution in [0.25, 0.3) is 0 Å². The average Bonchev–Trinajstić information content (AvgIpc) is 3.20. The van der Waals surface area contributed by atoms with Crippen molar-refractivity contribution in [2.75, 3.05) is 26.8 Å². The summed E-state index contributed by atoms with van der Waals surface area (Å²) in [7, 11) is 1.57. The molecule has 6 heteroatoms. The van der Waals surface area contributed by atoms with E-state index in [0.717, 1.165) is 18.9 Å². The first-order chi connectivity index (χ1) is 9.16. The van der Waals surface area contributed by atoms with Crippen molar-refractivity contribution in [3.8, 4) is 0 Å². The SMILES string of the molecule is CN1N=C(C(=O)NCCCOCC2CC2)CCC1=O. The number of nitrogens with one attached hydrogen (secondary N) is 1. The standard InChI is InChI=1S/C13H21N3O3/c1-16-12(17)6-5-11(15-16)13(18)14-7-2-8-19-9-10-3-4-10/h10H,2-9H2,1H3,(H,14,18). The van der Waals surface area contributed by atoms with Crippen LogP contribution < -0.4 is 5.32 Å². The lowest BCUT2D eigenvalue weighted by Gasteiger charge is -2.18. The molecule has 0 aromatic heterocycles. The van der Waals surface area contributed by atoms with Crippen molar-refractivity contribution in [1.82, 2.24) is 10.3 Å². The molecule has 0 aromatic carbocycles. The molecule has 6 nitrogen and oxygen atoms in total. The van der Waals surface area contributed by atoms with Gasteiger partial charge in [0.05, 0.1) is 0 Å². The smallest absolute Gasteiger partial charge is 0.267 e. The fourth-order valence-electron chi connectivity index (χ4n) is 1.85.